The Kier molecular flexibility index (Phi) is 7.26. The molecular formula is C20H23Cl2F3N4O2. The number of carbonyl (C=O) groups is 1. The smallest absolute Gasteiger partial charge is 0.434 e. The van der Waals surface area contributed by atoms with Crippen LogP contribution >= 0.6 is 23.2 Å². The molecule has 0 spiro atoms. The topological polar surface area (TPSA) is 50.6 Å². The number of rotatable bonds is 6. The van der Waals surface area contributed by atoms with Crippen LogP contribution in [-0.4, -0.2) is 53.4 Å². The van der Waals surface area contributed by atoms with Crippen LogP contribution in [0.15, 0.2) is 18.2 Å². The van der Waals surface area contributed by atoms with Gasteiger partial charge < -0.3 is 14.5 Å². The van der Waals surface area contributed by atoms with Gasteiger partial charge in [-0.15, -0.1) is 0 Å². The van der Waals surface area contributed by atoms with E-state index in [1.165, 1.54) is 4.90 Å². The summed E-state index contributed by atoms with van der Waals surface area (Å²) in [4.78, 5) is 16.3. The van der Waals surface area contributed by atoms with Crippen molar-refractivity contribution >= 4 is 34.8 Å². The lowest BCUT2D eigenvalue weighted by Gasteiger charge is -2.36. The second-order valence-electron chi connectivity index (χ2n) is 7.03. The Bertz CT molecular complexity index is 941. The minimum absolute atomic E-state index is 0.124. The molecule has 0 aliphatic carbocycles. The van der Waals surface area contributed by atoms with Crippen molar-refractivity contribution in [2.75, 3.05) is 37.7 Å². The van der Waals surface area contributed by atoms with E-state index in [0.717, 1.165) is 5.69 Å². The zero-order valence-corrected chi connectivity index (χ0v) is 18.7. The van der Waals surface area contributed by atoms with E-state index in [1.807, 2.05) is 19.1 Å². The standard InChI is InChI=1S/C20H23Cl2F3N4O2/c1-3-15-18(22)19(20(23,24)25)29(26-15)12-17(30)28-9-7-27(8-10-28)13-5-6-14(21)16(11-13)31-4-2/h5-6,11H,3-4,7-10,12H2,1-2H3. The summed E-state index contributed by atoms with van der Waals surface area (Å²) < 4.78 is 46.4. The molecule has 3 rings (SSSR count). The van der Waals surface area contributed by atoms with E-state index in [4.69, 9.17) is 27.9 Å². The van der Waals surface area contributed by atoms with Gasteiger partial charge in [-0.1, -0.05) is 30.1 Å². The molecule has 170 valence electrons. The Morgan fingerprint density at radius 3 is 2.42 bits per heavy atom. The minimum atomic E-state index is -4.69. The zero-order valence-electron chi connectivity index (χ0n) is 17.2. The van der Waals surface area contributed by atoms with Gasteiger partial charge in [-0.05, 0) is 25.5 Å². The molecule has 11 heteroatoms. The Morgan fingerprint density at radius 1 is 1.16 bits per heavy atom. The van der Waals surface area contributed by atoms with Gasteiger partial charge in [-0.25, -0.2) is 4.68 Å². The van der Waals surface area contributed by atoms with E-state index in [0.29, 0.717) is 48.2 Å². The van der Waals surface area contributed by atoms with Crippen LogP contribution in [0.4, 0.5) is 18.9 Å². The number of ether oxygens (including phenoxy) is 1. The van der Waals surface area contributed by atoms with Crippen molar-refractivity contribution in [1.29, 1.82) is 0 Å². The molecule has 6 nitrogen and oxygen atoms in total. The quantitative estimate of drug-likeness (QED) is 0.612. The second kappa shape index (κ2) is 9.56. The van der Waals surface area contributed by atoms with Gasteiger partial charge >= 0.3 is 6.18 Å². The molecule has 1 aromatic carbocycles. The molecule has 1 aliphatic heterocycles. The number of benzene rings is 1. The lowest BCUT2D eigenvalue weighted by molar-refractivity contribution is -0.145. The van der Waals surface area contributed by atoms with Crippen LogP contribution in [0.1, 0.15) is 25.2 Å². The fourth-order valence-corrected chi connectivity index (χ4v) is 4.05. The number of halogens is 5. The SMILES string of the molecule is CCOc1cc(N2CCN(C(=O)Cn3nc(CC)c(Cl)c3C(F)(F)F)CC2)ccc1Cl. The summed E-state index contributed by atoms with van der Waals surface area (Å²) >= 11 is 12.0. The zero-order chi connectivity index (χ0) is 22.8. The lowest BCUT2D eigenvalue weighted by atomic mass is 10.2. The molecule has 0 atom stereocenters. The number of carbonyl (C=O) groups excluding carboxylic acids is 1. The first-order valence-electron chi connectivity index (χ1n) is 9.93. The highest BCUT2D eigenvalue weighted by Gasteiger charge is 2.40. The third kappa shape index (κ3) is 5.20. The molecule has 1 fully saturated rings. The summed E-state index contributed by atoms with van der Waals surface area (Å²) in [5.41, 5.74) is -0.0483. The Morgan fingerprint density at radius 2 is 1.84 bits per heavy atom. The first-order valence-corrected chi connectivity index (χ1v) is 10.7. The maximum atomic E-state index is 13.4. The molecule has 0 saturated carbocycles. The predicted molar refractivity (Wildman–Crippen MR) is 113 cm³/mol. The number of hydrogen-bond acceptors (Lipinski definition) is 4. The van der Waals surface area contributed by atoms with Gasteiger partial charge in [-0.2, -0.15) is 18.3 Å². The summed E-state index contributed by atoms with van der Waals surface area (Å²) in [7, 11) is 0. The van der Waals surface area contributed by atoms with Gasteiger partial charge in [0.1, 0.15) is 12.3 Å². The molecule has 31 heavy (non-hydrogen) atoms. The van der Waals surface area contributed by atoms with E-state index < -0.39 is 29.3 Å². The summed E-state index contributed by atoms with van der Waals surface area (Å²) in [6.45, 7) is 5.33. The number of piperazine rings is 1. The molecule has 1 saturated heterocycles. The van der Waals surface area contributed by atoms with Gasteiger partial charge in [0.2, 0.25) is 5.91 Å². The van der Waals surface area contributed by atoms with Crippen LogP contribution in [0.25, 0.3) is 0 Å². The number of alkyl halides is 3. The Labute approximate surface area is 188 Å². The van der Waals surface area contributed by atoms with Gasteiger partial charge in [0, 0.05) is 37.9 Å². The van der Waals surface area contributed by atoms with E-state index >= 15 is 0 Å². The number of hydrogen-bond donors (Lipinski definition) is 0. The molecule has 2 aromatic rings. The summed E-state index contributed by atoms with van der Waals surface area (Å²) in [5.74, 6) is 0.153. The van der Waals surface area contributed by atoms with Gasteiger partial charge in [0.25, 0.3) is 0 Å². The molecule has 0 radical (unpaired) electrons. The lowest BCUT2D eigenvalue weighted by Crippen LogP contribution is -2.49. The maximum absolute atomic E-state index is 13.4. The normalized spacial score (nSPS) is 14.8. The van der Waals surface area contributed by atoms with Gasteiger partial charge in [0.05, 0.1) is 22.3 Å². The van der Waals surface area contributed by atoms with Crippen LogP contribution in [-0.2, 0) is 23.9 Å². The first kappa shape index (κ1) is 23.5. The molecule has 0 bridgehead atoms. The highest BCUT2D eigenvalue weighted by molar-refractivity contribution is 6.32. The molecular weight excluding hydrogens is 456 g/mol. The number of anilines is 1. The number of aryl methyl sites for hydroxylation is 1. The third-order valence-electron chi connectivity index (χ3n) is 5.06. The van der Waals surface area contributed by atoms with Gasteiger partial charge in [0.15, 0.2) is 5.69 Å². The largest absolute Gasteiger partial charge is 0.492 e. The predicted octanol–water partition coefficient (Wildman–Crippen LogP) is 4.52. The highest BCUT2D eigenvalue weighted by atomic mass is 35.5. The average molecular weight is 479 g/mol. The van der Waals surface area contributed by atoms with Crippen molar-refractivity contribution in [2.24, 2.45) is 0 Å². The van der Waals surface area contributed by atoms with E-state index in [1.54, 1.807) is 13.0 Å². The van der Waals surface area contributed by atoms with Crippen LogP contribution < -0.4 is 9.64 Å². The summed E-state index contributed by atoms with van der Waals surface area (Å²) in [6, 6.07) is 5.47. The summed E-state index contributed by atoms with van der Waals surface area (Å²) in [5, 5.41) is 3.98. The molecule has 0 unspecified atom stereocenters. The van der Waals surface area contributed by atoms with Crippen molar-refractivity contribution in [3.05, 3.63) is 39.6 Å². The van der Waals surface area contributed by atoms with Crippen molar-refractivity contribution in [3.8, 4) is 5.75 Å². The number of nitrogens with zero attached hydrogens (tertiary/aromatic N) is 4. The minimum Gasteiger partial charge on any atom is -0.492 e. The number of amides is 1. The molecule has 0 N–H and O–H groups in total. The summed E-state index contributed by atoms with van der Waals surface area (Å²) in [6.07, 6.45) is -4.45. The Hall–Kier alpha value is -2.13. The maximum Gasteiger partial charge on any atom is 0.434 e. The van der Waals surface area contributed by atoms with Crippen molar-refractivity contribution in [1.82, 2.24) is 14.7 Å². The average Bonchev–Trinajstić information content (AvgIpc) is 3.05. The fourth-order valence-electron chi connectivity index (χ4n) is 3.50. The fraction of sp³-hybridized carbons (Fsp3) is 0.500. The monoisotopic (exact) mass is 478 g/mol. The van der Waals surface area contributed by atoms with Crippen molar-refractivity contribution < 1.29 is 22.7 Å². The second-order valence-corrected chi connectivity index (χ2v) is 7.82. The molecule has 1 aliphatic rings. The third-order valence-corrected chi connectivity index (χ3v) is 5.77. The Balaban J connectivity index is 1.67. The van der Waals surface area contributed by atoms with E-state index in [-0.39, 0.29) is 12.1 Å². The van der Waals surface area contributed by atoms with Crippen molar-refractivity contribution in [2.45, 2.75) is 33.0 Å². The highest BCUT2D eigenvalue weighted by Crippen LogP contribution is 2.36. The molecule has 1 amide bonds. The molecule has 2 heterocycles. The van der Waals surface area contributed by atoms with Crippen LogP contribution in [0.2, 0.25) is 10.0 Å². The van der Waals surface area contributed by atoms with E-state index in [9.17, 15) is 18.0 Å². The van der Waals surface area contributed by atoms with Crippen molar-refractivity contribution in [3.63, 3.8) is 0 Å². The van der Waals surface area contributed by atoms with E-state index in [2.05, 4.69) is 10.00 Å². The number of aromatic nitrogens is 2. The molecule has 1 aromatic heterocycles. The van der Waals surface area contributed by atoms with Crippen LogP contribution in [0.3, 0.4) is 0 Å². The first-order chi connectivity index (χ1) is 14.7. The van der Waals surface area contributed by atoms with Crippen LogP contribution in [0.5, 0.6) is 5.75 Å². The van der Waals surface area contributed by atoms with Gasteiger partial charge in [-0.3, -0.25) is 4.79 Å². The van der Waals surface area contributed by atoms with Crippen LogP contribution in [0, 0.1) is 0 Å².